The fraction of sp³-hybridized carbons (Fsp3) is 0.480. The van der Waals surface area contributed by atoms with Crippen LogP contribution in [0.15, 0.2) is 42.5 Å². The van der Waals surface area contributed by atoms with Crippen molar-refractivity contribution in [1.82, 2.24) is 0 Å². The molecule has 2 aromatic rings. The molecule has 0 amide bonds. The molecule has 1 N–H and O–H groups in total. The molecule has 0 radical (unpaired) electrons. The van der Waals surface area contributed by atoms with Gasteiger partial charge in [-0.15, -0.1) is 0 Å². The molecule has 1 saturated heterocycles. The van der Waals surface area contributed by atoms with Gasteiger partial charge in [-0.05, 0) is 38.3 Å². The van der Waals surface area contributed by atoms with E-state index in [0.29, 0.717) is 0 Å². The van der Waals surface area contributed by atoms with Crippen LogP contribution in [0.4, 0.5) is 0 Å². The summed E-state index contributed by atoms with van der Waals surface area (Å²) in [4.78, 5) is 10.9. The number of epoxide rings is 1. The monoisotopic (exact) mass is 412 g/mol. The van der Waals surface area contributed by atoms with Gasteiger partial charge in [0.2, 0.25) is 0 Å². The molecule has 0 aliphatic carbocycles. The molecule has 30 heavy (non-hydrogen) atoms. The molecule has 0 bridgehead atoms. The largest absolute Gasteiger partial charge is 0.496 e. The Morgan fingerprint density at radius 3 is 2.37 bits per heavy atom. The van der Waals surface area contributed by atoms with Crippen LogP contribution >= 0.6 is 0 Å². The first-order valence-electron chi connectivity index (χ1n) is 10.6. The molecule has 5 atom stereocenters. The van der Waals surface area contributed by atoms with Crippen molar-refractivity contribution in [2.24, 2.45) is 0 Å². The summed E-state index contributed by atoms with van der Waals surface area (Å²) in [6, 6.07) is 13.8. The Kier molecular flexibility index (Phi) is 7.16. The number of methoxy groups -OCH3 is 1. The van der Waals surface area contributed by atoms with Crippen molar-refractivity contribution in [2.45, 2.75) is 70.9 Å². The van der Waals surface area contributed by atoms with Crippen molar-refractivity contribution < 1.29 is 24.1 Å². The van der Waals surface area contributed by atoms with Crippen LogP contribution in [-0.2, 0) is 20.7 Å². The van der Waals surface area contributed by atoms with E-state index in [4.69, 9.17) is 19.3 Å². The first kappa shape index (κ1) is 22.3. The van der Waals surface area contributed by atoms with Crippen molar-refractivity contribution in [2.75, 3.05) is 7.11 Å². The van der Waals surface area contributed by atoms with E-state index in [0.717, 1.165) is 34.4 Å². The van der Waals surface area contributed by atoms with Crippen LogP contribution in [0.1, 0.15) is 51.2 Å². The molecule has 5 nitrogen and oxygen atoms in total. The summed E-state index contributed by atoms with van der Waals surface area (Å²) in [5, 5.41) is 8.99. The Morgan fingerprint density at radius 1 is 1.17 bits per heavy atom. The highest BCUT2D eigenvalue weighted by Gasteiger charge is 2.41. The predicted octanol–water partition coefficient (Wildman–Crippen LogP) is 5.06. The number of ether oxygens (including phenoxy) is 3. The molecule has 3 rings (SSSR count). The molecule has 1 heterocycles. The van der Waals surface area contributed by atoms with Gasteiger partial charge in [0.1, 0.15) is 11.9 Å². The van der Waals surface area contributed by atoms with Crippen LogP contribution in [0.2, 0.25) is 0 Å². The Labute approximate surface area is 179 Å². The van der Waals surface area contributed by atoms with Gasteiger partial charge in [0.05, 0.1) is 31.8 Å². The predicted molar refractivity (Wildman–Crippen MR) is 117 cm³/mol. The summed E-state index contributed by atoms with van der Waals surface area (Å²) in [5.74, 6) is 0.194. The summed E-state index contributed by atoms with van der Waals surface area (Å²) < 4.78 is 17.7. The molecule has 5 heteroatoms. The van der Waals surface area contributed by atoms with Crippen molar-refractivity contribution in [3.05, 3.63) is 53.6 Å². The van der Waals surface area contributed by atoms with Gasteiger partial charge in [-0.3, -0.25) is 4.79 Å². The van der Waals surface area contributed by atoms with Gasteiger partial charge in [0.25, 0.3) is 0 Å². The zero-order valence-corrected chi connectivity index (χ0v) is 18.4. The summed E-state index contributed by atoms with van der Waals surface area (Å²) in [6.07, 6.45) is 1.47. The van der Waals surface area contributed by atoms with Gasteiger partial charge in [-0.2, -0.15) is 0 Å². The normalized spacial score (nSPS) is 21.0. The van der Waals surface area contributed by atoms with Crippen LogP contribution in [-0.4, -0.2) is 42.6 Å². The Bertz CT molecular complexity index is 860. The van der Waals surface area contributed by atoms with Crippen molar-refractivity contribution >= 4 is 5.97 Å². The smallest absolute Gasteiger partial charge is 0.307 e. The van der Waals surface area contributed by atoms with Gasteiger partial charge < -0.3 is 19.3 Å². The third kappa shape index (κ3) is 5.02. The average molecular weight is 413 g/mol. The molecule has 0 aromatic heterocycles. The fourth-order valence-corrected chi connectivity index (χ4v) is 4.29. The number of carboxylic acid groups (broad SMARTS) is 1. The minimum atomic E-state index is -0.831. The van der Waals surface area contributed by atoms with Crippen LogP contribution in [0, 0.1) is 0 Å². The topological polar surface area (TPSA) is 68.3 Å². The maximum Gasteiger partial charge on any atom is 0.307 e. The number of rotatable bonds is 10. The fourth-order valence-electron chi connectivity index (χ4n) is 4.29. The highest BCUT2D eigenvalue weighted by molar-refractivity contribution is 5.74. The second-order valence-electron chi connectivity index (χ2n) is 8.06. The van der Waals surface area contributed by atoms with Crippen molar-refractivity contribution in [1.29, 1.82) is 0 Å². The molecular formula is C25H32O5. The molecule has 0 spiro atoms. The summed E-state index contributed by atoms with van der Waals surface area (Å²) in [7, 11) is 1.70. The molecule has 0 saturated carbocycles. The van der Waals surface area contributed by atoms with Gasteiger partial charge >= 0.3 is 5.97 Å². The van der Waals surface area contributed by atoms with Gasteiger partial charge in [0, 0.05) is 17.0 Å². The molecular weight excluding hydrogens is 380 g/mol. The third-order valence-corrected chi connectivity index (χ3v) is 5.93. The quantitative estimate of drug-likeness (QED) is 0.552. The van der Waals surface area contributed by atoms with Crippen LogP contribution in [0.25, 0.3) is 11.1 Å². The molecule has 1 aliphatic rings. The molecule has 162 valence electrons. The zero-order valence-electron chi connectivity index (χ0n) is 18.4. The lowest BCUT2D eigenvalue weighted by Gasteiger charge is -2.28. The standard InChI is InChI=1S/C25H32O5/c1-6-20(15(2)29-16(3)24-17(4)30-24)22-9-7-8-21(25(22)28-5)19-12-10-18(11-13-19)14-23(26)27/h7-13,15-17,20,24H,6,14H2,1-5H3,(H,26,27). The van der Waals surface area contributed by atoms with Crippen molar-refractivity contribution in [3.63, 3.8) is 0 Å². The minimum Gasteiger partial charge on any atom is -0.496 e. The number of hydrogen-bond acceptors (Lipinski definition) is 4. The van der Waals surface area contributed by atoms with E-state index in [1.165, 1.54) is 0 Å². The number of benzene rings is 2. The zero-order chi connectivity index (χ0) is 21.8. The van der Waals surface area contributed by atoms with Crippen LogP contribution in [0.3, 0.4) is 0 Å². The molecule has 5 unspecified atom stereocenters. The molecule has 1 fully saturated rings. The third-order valence-electron chi connectivity index (χ3n) is 5.93. The number of carbonyl (C=O) groups is 1. The number of aliphatic carboxylic acids is 1. The number of para-hydroxylation sites is 1. The van der Waals surface area contributed by atoms with Gasteiger partial charge in [-0.25, -0.2) is 0 Å². The van der Waals surface area contributed by atoms with E-state index >= 15 is 0 Å². The first-order chi connectivity index (χ1) is 14.3. The highest BCUT2D eigenvalue weighted by atomic mass is 16.6. The first-order valence-corrected chi connectivity index (χ1v) is 10.6. The molecule has 2 aromatic carbocycles. The SMILES string of the molecule is CCC(c1cccc(-c2ccc(CC(=O)O)cc2)c1OC)C(C)OC(C)C1OC1C. The van der Waals surface area contributed by atoms with E-state index in [-0.39, 0.29) is 36.8 Å². The Morgan fingerprint density at radius 2 is 1.83 bits per heavy atom. The maximum atomic E-state index is 10.9. The van der Waals surface area contributed by atoms with Crippen molar-refractivity contribution in [3.8, 4) is 16.9 Å². The lowest BCUT2D eigenvalue weighted by molar-refractivity contribution is -0.136. The minimum absolute atomic E-state index is 0.0171. The highest BCUT2D eigenvalue weighted by Crippen LogP contribution is 2.40. The lowest BCUT2D eigenvalue weighted by atomic mass is 9.88. The average Bonchev–Trinajstić information content (AvgIpc) is 3.45. The van der Waals surface area contributed by atoms with Gasteiger partial charge in [-0.1, -0.05) is 49.4 Å². The van der Waals surface area contributed by atoms with E-state index in [2.05, 4.69) is 33.8 Å². The van der Waals surface area contributed by atoms with E-state index in [1.54, 1.807) is 7.11 Å². The Hall–Kier alpha value is -2.37. The van der Waals surface area contributed by atoms with Gasteiger partial charge in [0.15, 0.2) is 0 Å². The summed E-state index contributed by atoms with van der Waals surface area (Å²) in [5.41, 5.74) is 3.89. The van der Waals surface area contributed by atoms with Crippen LogP contribution < -0.4 is 4.74 Å². The number of hydrogen-bond donors (Lipinski definition) is 1. The maximum absolute atomic E-state index is 10.9. The number of carboxylic acids is 1. The van der Waals surface area contributed by atoms with E-state index in [1.807, 2.05) is 36.4 Å². The van der Waals surface area contributed by atoms with E-state index in [9.17, 15) is 4.79 Å². The second-order valence-corrected chi connectivity index (χ2v) is 8.06. The van der Waals surface area contributed by atoms with Crippen LogP contribution in [0.5, 0.6) is 5.75 Å². The second kappa shape index (κ2) is 9.63. The molecule has 1 aliphatic heterocycles. The Balaban J connectivity index is 1.86. The lowest BCUT2D eigenvalue weighted by Crippen LogP contribution is -2.27. The summed E-state index contributed by atoms with van der Waals surface area (Å²) >= 11 is 0. The summed E-state index contributed by atoms with van der Waals surface area (Å²) in [6.45, 7) is 8.42. The van der Waals surface area contributed by atoms with E-state index < -0.39 is 5.97 Å².